The number of aryl methyl sites for hydroxylation is 1. The van der Waals surface area contributed by atoms with E-state index in [4.69, 9.17) is 9.72 Å². The molecule has 3 heterocycles. The molecule has 0 atom stereocenters. The lowest BCUT2D eigenvalue weighted by Crippen LogP contribution is -2.30. The summed E-state index contributed by atoms with van der Waals surface area (Å²) in [4.78, 5) is 17.3. The number of anilines is 1. The summed E-state index contributed by atoms with van der Waals surface area (Å²) in [6, 6.07) is 6.48. The van der Waals surface area contributed by atoms with Crippen LogP contribution >= 0.6 is 11.3 Å². The highest BCUT2D eigenvalue weighted by molar-refractivity contribution is 7.15. The van der Waals surface area contributed by atoms with Gasteiger partial charge >= 0.3 is 0 Å². The second kappa shape index (κ2) is 7.10. The summed E-state index contributed by atoms with van der Waals surface area (Å²) >= 11 is 1.73. The zero-order chi connectivity index (χ0) is 20.0. The van der Waals surface area contributed by atoms with Gasteiger partial charge in [-0.05, 0) is 55.4 Å². The monoisotopic (exact) mass is 406 g/mol. The fourth-order valence-electron chi connectivity index (χ4n) is 4.35. The summed E-state index contributed by atoms with van der Waals surface area (Å²) < 4.78 is 6.08. The molecule has 29 heavy (non-hydrogen) atoms. The Balaban J connectivity index is 1.49. The van der Waals surface area contributed by atoms with E-state index in [-0.39, 0.29) is 0 Å². The van der Waals surface area contributed by atoms with Gasteiger partial charge < -0.3 is 9.64 Å². The first-order chi connectivity index (χ1) is 14.0. The zero-order valence-corrected chi connectivity index (χ0v) is 18.1. The highest BCUT2D eigenvalue weighted by Crippen LogP contribution is 2.38. The van der Waals surface area contributed by atoms with Crippen molar-refractivity contribution in [2.24, 2.45) is 5.41 Å². The van der Waals surface area contributed by atoms with Crippen molar-refractivity contribution in [1.29, 1.82) is 0 Å². The van der Waals surface area contributed by atoms with Gasteiger partial charge in [-0.15, -0.1) is 11.3 Å². The maximum atomic E-state index is 6.08. The lowest BCUT2D eigenvalue weighted by molar-refractivity contribution is 0.309. The average Bonchev–Trinajstić information content (AvgIpc) is 3.01. The smallest absolute Gasteiger partial charge is 0.135 e. The topological polar surface area (TPSA) is 51.1 Å². The van der Waals surface area contributed by atoms with Crippen LogP contribution in [0.5, 0.6) is 5.75 Å². The third kappa shape index (κ3) is 3.62. The first-order valence-corrected chi connectivity index (χ1v) is 11.1. The molecule has 2 aromatic heterocycles. The maximum absolute atomic E-state index is 6.08. The Morgan fingerprint density at radius 1 is 1.17 bits per heavy atom. The minimum atomic E-state index is 0.314. The molecule has 6 heteroatoms. The minimum absolute atomic E-state index is 0.314. The Kier molecular flexibility index (Phi) is 4.54. The Morgan fingerprint density at radius 2 is 2.07 bits per heavy atom. The van der Waals surface area contributed by atoms with Crippen LogP contribution in [0.25, 0.3) is 10.4 Å². The van der Waals surface area contributed by atoms with Crippen molar-refractivity contribution >= 4 is 17.2 Å². The Labute approximate surface area is 175 Å². The molecule has 5 rings (SSSR count). The van der Waals surface area contributed by atoms with E-state index in [1.165, 1.54) is 33.7 Å². The molecule has 0 N–H and O–H groups in total. The highest BCUT2D eigenvalue weighted by Gasteiger charge is 2.30. The van der Waals surface area contributed by atoms with Crippen LogP contribution in [-0.4, -0.2) is 28.1 Å². The Bertz CT molecular complexity index is 1060. The Morgan fingerprint density at radius 3 is 2.90 bits per heavy atom. The molecule has 1 aliphatic heterocycles. The largest absolute Gasteiger partial charge is 0.491 e. The summed E-state index contributed by atoms with van der Waals surface area (Å²) in [5, 5.41) is 1.09. The normalized spacial score (nSPS) is 17.8. The number of rotatable bonds is 2. The third-order valence-corrected chi connectivity index (χ3v) is 6.92. The fraction of sp³-hybridized carbons (Fsp3) is 0.435. The molecule has 0 unspecified atom stereocenters. The molecule has 0 bridgehead atoms. The first kappa shape index (κ1) is 18.6. The first-order valence-electron chi connectivity index (χ1n) is 10.2. The van der Waals surface area contributed by atoms with Crippen molar-refractivity contribution in [1.82, 2.24) is 15.0 Å². The maximum Gasteiger partial charge on any atom is 0.135 e. The van der Waals surface area contributed by atoms with Crippen LogP contribution in [0.1, 0.15) is 42.1 Å². The van der Waals surface area contributed by atoms with Crippen LogP contribution in [0.2, 0.25) is 0 Å². The number of hydrogen-bond donors (Lipinski definition) is 0. The molecule has 0 saturated carbocycles. The van der Waals surface area contributed by atoms with Gasteiger partial charge in [0.15, 0.2) is 0 Å². The number of aromatic nitrogens is 3. The van der Waals surface area contributed by atoms with Crippen LogP contribution in [0.15, 0.2) is 30.7 Å². The van der Waals surface area contributed by atoms with Crippen LogP contribution in [0.4, 0.5) is 5.82 Å². The molecule has 0 fully saturated rings. The quantitative estimate of drug-likeness (QED) is 0.611. The fourth-order valence-corrected chi connectivity index (χ4v) is 5.12. The predicted molar refractivity (Wildman–Crippen MR) is 117 cm³/mol. The minimum Gasteiger partial charge on any atom is -0.491 e. The number of hydrogen-bond acceptors (Lipinski definition) is 6. The summed E-state index contributed by atoms with van der Waals surface area (Å²) in [5.41, 5.74) is 5.25. The second-order valence-corrected chi connectivity index (χ2v) is 10.0. The summed E-state index contributed by atoms with van der Waals surface area (Å²) in [5.74, 6) is 2.06. The van der Waals surface area contributed by atoms with Crippen molar-refractivity contribution in [2.45, 2.75) is 46.6 Å². The molecule has 0 saturated heterocycles. The van der Waals surface area contributed by atoms with Crippen molar-refractivity contribution in [2.75, 3.05) is 18.1 Å². The number of fused-ring (bicyclic) bond motifs is 2. The molecule has 1 aromatic carbocycles. The van der Waals surface area contributed by atoms with E-state index in [0.717, 1.165) is 42.5 Å². The van der Waals surface area contributed by atoms with Crippen LogP contribution in [-0.2, 0) is 19.4 Å². The molecule has 2 aliphatic rings. The van der Waals surface area contributed by atoms with E-state index < -0.39 is 0 Å². The average molecular weight is 407 g/mol. The van der Waals surface area contributed by atoms with Gasteiger partial charge in [0, 0.05) is 29.6 Å². The molecular weight excluding hydrogens is 380 g/mol. The van der Waals surface area contributed by atoms with E-state index in [0.29, 0.717) is 12.0 Å². The van der Waals surface area contributed by atoms with Crippen molar-refractivity contribution in [3.8, 4) is 16.2 Å². The number of benzene rings is 1. The van der Waals surface area contributed by atoms with E-state index in [2.05, 4.69) is 46.9 Å². The molecule has 0 spiro atoms. The van der Waals surface area contributed by atoms with E-state index in [9.17, 15) is 0 Å². The molecule has 3 aromatic rings. The second-order valence-electron chi connectivity index (χ2n) is 8.80. The van der Waals surface area contributed by atoms with Gasteiger partial charge in [0.1, 0.15) is 24.5 Å². The van der Waals surface area contributed by atoms with Crippen LogP contribution in [0.3, 0.4) is 0 Å². The predicted octanol–water partition coefficient (Wildman–Crippen LogP) is 4.82. The third-order valence-electron chi connectivity index (χ3n) is 5.96. The number of thiazole rings is 1. The molecule has 0 amide bonds. The van der Waals surface area contributed by atoms with Gasteiger partial charge in [0.25, 0.3) is 0 Å². The molecule has 1 aliphatic carbocycles. The van der Waals surface area contributed by atoms with Gasteiger partial charge in [0.2, 0.25) is 0 Å². The summed E-state index contributed by atoms with van der Waals surface area (Å²) in [6.07, 6.45) is 6.94. The lowest BCUT2D eigenvalue weighted by atomic mass is 9.76. The standard InChI is InChI=1S/C23H26N4OS/c1-15-24-12-21(29-15)16-4-5-20-17(10-16)13-27(8-9-28-20)22-18-6-7-23(2,3)11-19(18)25-14-26-22/h4-5,10,12,14H,6-9,11,13H2,1-3H3. The van der Waals surface area contributed by atoms with Gasteiger partial charge in [-0.2, -0.15) is 0 Å². The zero-order valence-electron chi connectivity index (χ0n) is 17.2. The van der Waals surface area contributed by atoms with Crippen LogP contribution < -0.4 is 9.64 Å². The van der Waals surface area contributed by atoms with Gasteiger partial charge in [-0.3, -0.25) is 0 Å². The van der Waals surface area contributed by atoms with E-state index >= 15 is 0 Å². The van der Waals surface area contributed by atoms with Gasteiger partial charge in [-0.25, -0.2) is 15.0 Å². The number of nitrogens with zero attached hydrogens (tertiary/aromatic N) is 4. The van der Waals surface area contributed by atoms with E-state index in [1.54, 1.807) is 17.7 Å². The molecular formula is C23H26N4OS. The van der Waals surface area contributed by atoms with Crippen molar-refractivity contribution < 1.29 is 4.74 Å². The lowest BCUT2D eigenvalue weighted by Gasteiger charge is -2.33. The SMILES string of the molecule is Cc1ncc(-c2ccc3c(c2)CN(c2ncnc4c2CCC(C)(C)C4)CCO3)s1. The summed E-state index contributed by atoms with van der Waals surface area (Å²) in [6.45, 7) is 9.00. The van der Waals surface area contributed by atoms with Crippen LogP contribution in [0, 0.1) is 12.3 Å². The Hall–Kier alpha value is -2.47. The molecule has 5 nitrogen and oxygen atoms in total. The number of ether oxygens (including phenoxy) is 1. The highest BCUT2D eigenvalue weighted by atomic mass is 32.1. The van der Waals surface area contributed by atoms with Crippen molar-refractivity contribution in [3.63, 3.8) is 0 Å². The van der Waals surface area contributed by atoms with Crippen molar-refractivity contribution in [3.05, 3.63) is 52.6 Å². The molecule has 0 radical (unpaired) electrons. The summed E-state index contributed by atoms with van der Waals surface area (Å²) in [7, 11) is 0. The van der Waals surface area contributed by atoms with Gasteiger partial charge in [0.05, 0.1) is 16.4 Å². The van der Waals surface area contributed by atoms with E-state index in [1.807, 2.05) is 13.1 Å². The molecule has 150 valence electrons. The van der Waals surface area contributed by atoms with Gasteiger partial charge in [-0.1, -0.05) is 13.8 Å².